The second kappa shape index (κ2) is 8.65. The van der Waals surface area contributed by atoms with Crippen molar-refractivity contribution in [3.05, 3.63) is 102 Å². The van der Waals surface area contributed by atoms with Crippen LogP contribution in [0.3, 0.4) is 0 Å². The Morgan fingerprint density at radius 1 is 0.931 bits per heavy atom. The van der Waals surface area contributed by atoms with Gasteiger partial charge >= 0.3 is 6.03 Å². The van der Waals surface area contributed by atoms with Gasteiger partial charge in [0.1, 0.15) is 0 Å². The maximum Gasteiger partial charge on any atom is 0.319 e. The first-order valence-electron chi connectivity index (χ1n) is 10.00. The SMILES string of the molecule is CCc1ccccc1NC(=O)NCC(c1ccccc1)c1c[nH]c2ccccc12. The molecule has 0 aliphatic rings. The van der Waals surface area contributed by atoms with Crippen LogP contribution < -0.4 is 10.6 Å². The number of hydrogen-bond acceptors (Lipinski definition) is 1. The predicted molar refractivity (Wildman–Crippen MR) is 119 cm³/mol. The number of rotatable bonds is 6. The smallest absolute Gasteiger partial charge is 0.319 e. The monoisotopic (exact) mass is 383 g/mol. The number of benzene rings is 3. The molecule has 4 rings (SSSR count). The lowest BCUT2D eigenvalue weighted by atomic mass is 9.91. The third-order valence-corrected chi connectivity index (χ3v) is 5.31. The van der Waals surface area contributed by atoms with E-state index >= 15 is 0 Å². The molecule has 1 unspecified atom stereocenters. The lowest BCUT2D eigenvalue weighted by Gasteiger charge is -2.19. The molecule has 3 aromatic carbocycles. The molecule has 146 valence electrons. The predicted octanol–water partition coefficient (Wildman–Crippen LogP) is 5.68. The van der Waals surface area contributed by atoms with Crippen molar-refractivity contribution >= 4 is 22.6 Å². The van der Waals surface area contributed by atoms with Crippen LogP contribution in [0.4, 0.5) is 10.5 Å². The van der Waals surface area contributed by atoms with Crippen LogP contribution in [-0.2, 0) is 6.42 Å². The molecule has 0 saturated heterocycles. The minimum atomic E-state index is -0.188. The zero-order valence-electron chi connectivity index (χ0n) is 16.5. The molecule has 29 heavy (non-hydrogen) atoms. The largest absolute Gasteiger partial charge is 0.361 e. The minimum absolute atomic E-state index is 0.0551. The molecule has 2 amide bonds. The van der Waals surface area contributed by atoms with E-state index in [1.807, 2.05) is 60.8 Å². The summed E-state index contributed by atoms with van der Waals surface area (Å²) in [4.78, 5) is 16.0. The van der Waals surface area contributed by atoms with Crippen molar-refractivity contribution in [3.8, 4) is 0 Å². The van der Waals surface area contributed by atoms with E-state index in [9.17, 15) is 4.79 Å². The quantitative estimate of drug-likeness (QED) is 0.394. The number of carbonyl (C=O) groups is 1. The van der Waals surface area contributed by atoms with Gasteiger partial charge in [0.15, 0.2) is 0 Å². The number of fused-ring (bicyclic) bond motifs is 1. The molecule has 1 heterocycles. The van der Waals surface area contributed by atoms with Crippen LogP contribution in [0.15, 0.2) is 85.1 Å². The highest BCUT2D eigenvalue weighted by atomic mass is 16.2. The number of hydrogen-bond donors (Lipinski definition) is 3. The van der Waals surface area contributed by atoms with Gasteiger partial charge in [-0.3, -0.25) is 0 Å². The van der Waals surface area contributed by atoms with Crippen molar-refractivity contribution in [2.24, 2.45) is 0 Å². The number of carbonyl (C=O) groups excluding carboxylic acids is 1. The number of amides is 2. The van der Waals surface area contributed by atoms with Crippen molar-refractivity contribution in [1.82, 2.24) is 10.3 Å². The van der Waals surface area contributed by atoms with Crippen LogP contribution in [0.25, 0.3) is 10.9 Å². The Labute approximate surface area is 171 Å². The van der Waals surface area contributed by atoms with Gasteiger partial charge < -0.3 is 15.6 Å². The van der Waals surface area contributed by atoms with E-state index < -0.39 is 0 Å². The third kappa shape index (κ3) is 4.16. The Morgan fingerprint density at radius 3 is 2.48 bits per heavy atom. The van der Waals surface area contributed by atoms with Gasteiger partial charge in [0, 0.05) is 35.2 Å². The van der Waals surface area contributed by atoms with Crippen molar-refractivity contribution in [2.45, 2.75) is 19.3 Å². The molecule has 0 saturated carbocycles. The molecule has 0 spiro atoms. The van der Waals surface area contributed by atoms with Gasteiger partial charge in [-0.2, -0.15) is 0 Å². The molecule has 0 aliphatic heterocycles. The number of para-hydroxylation sites is 2. The molecule has 1 atom stereocenters. The van der Waals surface area contributed by atoms with Gasteiger partial charge in [0.25, 0.3) is 0 Å². The number of aromatic nitrogens is 1. The Bertz CT molecular complexity index is 1100. The summed E-state index contributed by atoms with van der Waals surface area (Å²) < 4.78 is 0. The molecule has 1 aromatic heterocycles. The zero-order valence-corrected chi connectivity index (χ0v) is 16.5. The lowest BCUT2D eigenvalue weighted by Crippen LogP contribution is -2.33. The second-order valence-electron chi connectivity index (χ2n) is 7.10. The van der Waals surface area contributed by atoms with E-state index in [0.29, 0.717) is 6.54 Å². The number of aryl methyl sites for hydroxylation is 1. The van der Waals surface area contributed by atoms with Gasteiger partial charge in [-0.15, -0.1) is 0 Å². The van der Waals surface area contributed by atoms with Crippen LogP contribution in [0.1, 0.15) is 29.5 Å². The van der Waals surface area contributed by atoms with E-state index in [0.717, 1.165) is 23.2 Å². The minimum Gasteiger partial charge on any atom is -0.361 e. The maximum absolute atomic E-state index is 12.6. The highest BCUT2D eigenvalue weighted by Crippen LogP contribution is 2.30. The standard InChI is InChI=1S/C25H25N3O/c1-2-18-10-6-8-14-23(18)28-25(29)27-16-21(19-11-4-3-5-12-19)22-17-26-24-15-9-7-13-20(22)24/h3-15,17,21,26H,2,16H2,1H3,(H2,27,28,29). The summed E-state index contributed by atoms with van der Waals surface area (Å²) in [6.45, 7) is 2.59. The summed E-state index contributed by atoms with van der Waals surface area (Å²) in [5.41, 5.74) is 5.44. The van der Waals surface area contributed by atoms with Crippen molar-refractivity contribution < 1.29 is 4.79 Å². The van der Waals surface area contributed by atoms with Crippen LogP contribution in [-0.4, -0.2) is 17.6 Å². The van der Waals surface area contributed by atoms with E-state index in [4.69, 9.17) is 0 Å². The van der Waals surface area contributed by atoms with Crippen LogP contribution in [0, 0.1) is 0 Å². The summed E-state index contributed by atoms with van der Waals surface area (Å²) in [6, 6.07) is 26.3. The first-order chi connectivity index (χ1) is 14.3. The molecule has 0 bridgehead atoms. The van der Waals surface area contributed by atoms with Gasteiger partial charge in [0.05, 0.1) is 0 Å². The van der Waals surface area contributed by atoms with Gasteiger partial charge in [-0.05, 0) is 35.2 Å². The molecule has 0 fully saturated rings. The summed E-state index contributed by atoms with van der Waals surface area (Å²) in [6.07, 6.45) is 2.92. The molecule has 3 N–H and O–H groups in total. The van der Waals surface area contributed by atoms with Crippen molar-refractivity contribution in [3.63, 3.8) is 0 Å². The van der Waals surface area contributed by atoms with Gasteiger partial charge in [0.2, 0.25) is 0 Å². The first kappa shape index (κ1) is 18.8. The highest BCUT2D eigenvalue weighted by Gasteiger charge is 2.19. The molecule has 4 nitrogen and oxygen atoms in total. The Hall–Kier alpha value is -3.53. The Balaban J connectivity index is 1.56. The fourth-order valence-corrected chi connectivity index (χ4v) is 3.79. The number of urea groups is 1. The van der Waals surface area contributed by atoms with Crippen molar-refractivity contribution in [2.75, 3.05) is 11.9 Å². The average molecular weight is 383 g/mol. The van der Waals surface area contributed by atoms with Gasteiger partial charge in [-0.25, -0.2) is 4.79 Å². The normalized spacial score (nSPS) is 11.9. The van der Waals surface area contributed by atoms with E-state index in [-0.39, 0.29) is 11.9 Å². The lowest BCUT2D eigenvalue weighted by molar-refractivity contribution is 0.252. The van der Waals surface area contributed by atoms with Crippen LogP contribution >= 0.6 is 0 Å². The number of anilines is 1. The fourth-order valence-electron chi connectivity index (χ4n) is 3.79. The maximum atomic E-state index is 12.6. The summed E-state index contributed by atoms with van der Waals surface area (Å²) in [5, 5.41) is 7.24. The average Bonchev–Trinajstić information content (AvgIpc) is 3.19. The fraction of sp³-hybridized carbons (Fsp3) is 0.160. The van der Waals surface area contributed by atoms with Gasteiger partial charge in [-0.1, -0.05) is 73.7 Å². The molecule has 4 aromatic rings. The van der Waals surface area contributed by atoms with Crippen molar-refractivity contribution in [1.29, 1.82) is 0 Å². The summed E-state index contributed by atoms with van der Waals surface area (Å²) in [5.74, 6) is 0.0551. The highest BCUT2D eigenvalue weighted by molar-refractivity contribution is 5.90. The molecular weight excluding hydrogens is 358 g/mol. The topological polar surface area (TPSA) is 56.9 Å². The Kier molecular flexibility index (Phi) is 5.61. The van der Waals surface area contributed by atoms with E-state index in [1.165, 1.54) is 16.5 Å². The number of H-pyrrole nitrogens is 1. The summed E-state index contributed by atoms with van der Waals surface area (Å²) >= 11 is 0. The van der Waals surface area contributed by atoms with E-state index in [2.05, 4.69) is 46.8 Å². The number of nitrogens with one attached hydrogen (secondary N) is 3. The third-order valence-electron chi connectivity index (χ3n) is 5.31. The summed E-state index contributed by atoms with van der Waals surface area (Å²) in [7, 11) is 0. The molecule has 0 radical (unpaired) electrons. The van der Waals surface area contributed by atoms with E-state index in [1.54, 1.807) is 0 Å². The van der Waals surface area contributed by atoms with Crippen LogP contribution in [0.2, 0.25) is 0 Å². The molecule has 4 heteroatoms. The Morgan fingerprint density at radius 2 is 1.66 bits per heavy atom. The molecule has 0 aliphatic carbocycles. The van der Waals surface area contributed by atoms with Crippen LogP contribution in [0.5, 0.6) is 0 Å². The molecular formula is C25H25N3O. The second-order valence-corrected chi connectivity index (χ2v) is 7.10. The first-order valence-corrected chi connectivity index (χ1v) is 10.00. The zero-order chi connectivity index (χ0) is 20.1. The number of aromatic amines is 1.